The number of para-hydroxylation sites is 2. The average Bonchev–Trinajstić information content (AvgIpc) is 2.79. The number of unbranched alkanes of at least 4 members (excludes halogenated alkanes) is 2. The number of ether oxygens (including phenoxy) is 1. The van der Waals surface area contributed by atoms with Crippen molar-refractivity contribution in [1.29, 1.82) is 0 Å². The van der Waals surface area contributed by atoms with Gasteiger partial charge in [-0.15, -0.1) is 0 Å². The van der Waals surface area contributed by atoms with E-state index in [0.29, 0.717) is 12.3 Å². The van der Waals surface area contributed by atoms with E-state index in [2.05, 4.69) is 53.2 Å². The predicted molar refractivity (Wildman–Crippen MR) is 129 cm³/mol. The molecule has 0 unspecified atom stereocenters. The Morgan fingerprint density at radius 1 is 0.968 bits per heavy atom. The Kier molecular flexibility index (Phi) is 8.77. The van der Waals surface area contributed by atoms with Gasteiger partial charge in [-0.2, -0.15) is 0 Å². The summed E-state index contributed by atoms with van der Waals surface area (Å²) < 4.78 is 5.50. The summed E-state index contributed by atoms with van der Waals surface area (Å²) >= 11 is 0. The van der Waals surface area contributed by atoms with Crippen molar-refractivity contribution in [2.45, 2.75) is 45.4 Å². The molecule has 168 valence electrons. The van der Waals surface area contributed by atoms with E-state index < -0.39 is 0 Å². The van der Waals surface area contributed by atoms with Crippen molar-refractivity contribution in [3.63, 3.8) is 0 Å². The fourth-order valence-electron chi connectivity index (χ4n) is 4.08. The number of methoxy groups -OCH3 is 1. The molecule has 0 spiro atoms. The third kappa shape index (κ3) is 7.00. The van der Waals surface area contributed by atoms with Crippen molar-refractivity contribution in [1.82, 2.24) is 4.90 Å². The Balaban J connectivity index is 1.29. The van der Waals surface area contributed by atoms with Crippen molar-refractivity contribution in [2.75, 3.05) is 50.1 Å². The maximum absolute atomic E-state index is 12.2. The lowest BCUT2D eigenvalue weighted by molar-refractivity contribution is -0.116. The highest BCUT2D eigenvalue weighted by Gasteiger charge is 2.19. The van der Waals surface area contributed by atoms with Crippen LogP contribution in [0.3, 0.4) is 0 Å². The van der Waals surface area contributed by atoms with Gasteiger partial charge < -0.3 is 15.0 Å². The van der Waals surface area contributed by atoms with Gasteiger partial charge >= 0.3 is 0 Å². The second-order valence-electron chi connectivity index (χ2n) is 8.64. The molecular weight excluding hydrogens is 386 g/mol. The average molecular weight is 424 g/mol. The molecule has 0 atom stereocenters. The number of amides is 1. The summed E-state index contributed by atoms with van der Waals surface area (Å²) in [6.45, 7) is 9.66. The molecule has 0 bridgehead atoms. The quantitative estimate of drug-likeness (QED) is 0.538. The Bertz CT molecular complexity index is 812. The first-order chi connectivity index (χ1) is 15.1. The van der Waals surface area contributed by atoms with Gasteiger partial charge in [0, 0.05) is 38.3 Å². The van der Waals surface area contributed by atoms with Crippen LogP contribution >= 0.6 is 0 Å². The minimum absolute atomic E-state index is 0.114. The molecule has 31 heavy (non-hydrogen) atoms. The van der Waals surface area contributed by atoms with Crippen LogP contribution in [0.15, 0.2) is 48.5 Å². The summed E-state index contributed by atoms with van der Waals surface area (Å²) in [6, 6.07) is 16.4. The summed E-state index contributed by atoms with van der Waals surface area (Å²) in [4.78, 5) is 17.1. The van der Waals surface area contributed by atoms with Gasteiger partial charge in [-0.05, 0) is 55.1 Å². The molecule has 2 aromatic carbocycles. The lowest BCUT2D eigenvalue weighted by atomic mass is 10.0. The van der Waals surface area contributed by atoms with Gasteiger partial charge in [-0.1, -0.05) is 44.5 Å². The molecule has 5 nitrogen and oxygen atoms in total. The van der Waals surface area contributed by atoms with Crippen molar-refractivity contribution in [3.05, 3.63) is 54.1 Å². The fourth-order valence-corrected chi connectivity index (χ4v) is 4.08. The first-order valence-electron chi connectivity index (χ1n) is 11.6. The first-order valence-corrected chi connectivity index (χ1v) is 11.6. The van der Waals surface area contributed by atoms with Crippen LogP contribution in [0.25, 0.3) is 0 Å². The minimum Gasteiger partial charge on any atom is -0.495 e. The maximum Gasteiger partial charge on any atom is 0.224 e. The second-order valence-corrected chi connectivity index (χ2v) is 8.64. The largest absolute Gasteiger partial charge is 0.495 e. The fraction of sp³-hybridized carbons (Fsp3) is 0.500. The van der Waals surface area contributed by atoms with Crippen LogP contribution in [0, 0.1) is 0 Å². The molecule has 1 fully saturated rings. The Morgan fingerprint density at radius 2 is 1.68 bits per heavy atom. The molecule has 1 amide bonds. The zero-order valence-corrected chi connectivity index (χ0v) is 19.3. The van der Waals surface area contributed by atoms with E-state index in [1.165, 1.54) is 11.3 Å². The van der Waals surface area contributed by atoms with Crippen molar-refractivity contribution < 1.29 is 9.53 Å². The summed E-state index contributed by atoms with van der Waals surface area (Å²) in [5.41, 5.74) is 3.37. The molecule has 0 aliphatic carbocycles. The van der Waals surface area contributed by atoms with Crippen LogP contribution in [0.2, 0.25) is 0 Å². The van der Waals surface area contributed by atoms with Crippen molar-refractivity contribution in [3.8, 4) is 5.75 Å². The summed E-state index contributed by atoms with van der Waals surface area (Å²) in [6.07, 6.45) is 3.77. The Hall–Kier alpha value is -2.53. The smallest absolute Gasteiger partial charge is 0.224 e. The highest BCUT2D eigenvalue weighted by Crippen LogP contribution is 2.28. The van der Waals surface area contributed by atoms with Crippen LogP contribution in [0.1, 0.15) is 51.0 Å². The number of hydrogen-bond acceptors (Lipinski definition) is 4. The lowest BCUT2D eigenvalue weighted by Crippen LogP contribution is -2.46. The molecule has 3 rings (SSSR count). The number of carbonyl (C=O) groups is 1. The van der Waals surface area contributed by atoms with E-state index in [4.69, 9.17) is 4.74 Å². The van der Waals surface area contributed by atoms with Gasteiger partial charge in [0.2, 0.25) is 5.91 Å². The van der Waals surface area contributed by atoms with Gasteiger partial charge in [0.15, 0.2) is 0 Å². The minimum atomic E-state index is 0.114. The van der Waals surface area contributed by atoms with Gasteiger partial charge in [-0.25, -0.2) is 0 Å². The standard InChI is InChI=1S/C26H37N3O2/c1-21(2)22-12-14-23(15-13-22)27-26(30)11-5-4-8-16-28-17-19-29(20-18-28)24-9-6-7-10-25(24)31-3/h6-7,9-10,12-15,21H,4-5,8,11,16-20H2,1-3H3,(H,27,30). The maximum atomic E-state index is 12.2. The molecule has 1 saturated heterocycles. The molecule has 0 aromatic heterocycles. The normalized spacial score (nSPS) is 14.6. The van der Waals surface area contributed by atoms with Gasteiger partial charge in [0.25, 0.3) is 0 Å². The predicted octanol–water partition coefficient (Wildman–Crippen LogP) is 5.14. The highest BCUT2D eigenvalue weighted by atomic mass is 16.5. The van der Waals surface area contributed by atoms with E-state index in [0.717, 1.165) is 63.4 Å². The Morgan fingerprint density at radius 3 is 2.35 bits per heavy atom. The van der Waals surface area contributed by atoms with E-state index in [1.807, 2.05) is 24.3 Å². The van der Waals surface area contributed by atoms with Gasteiger partial charge in [0.1, 0.15) is 5.75 Å². The summed E-state index contributed by atoms with van der Waals surface area (Å²) in [7, 11) is 1.73. The van der Waals surface area contributed by atoms with E-state index in [9.17, 15) is 4.79 Å². The van der Waals surface area contributed by atoms with Crippen molar-refractivity contribution >= 4 is 17.3 Å². The van der Waals surface area contributed by atoms with Crippen LogP contribution in [-0.2, 0) is 4.79 Å². The van der Waals surface area contributed by atoms with E-state index >= 15 is 0 Å². The number of rotatable bonds is 10. The van der Waals surface area contributed by atoms with Crippen molar-refractivity contribution in [2.24, 2.45) is 0 Å². The number of benzene rings is 2. The van der Waals surface area contributed by atoms with E-state index in [-0.39, 0.29) is 5.91 Å². The number of nitrogens with zero attached hydrogens (tertiary/aromatic N) is 2. The number of carbonyl (C=O) groups excluding carboxylic acids is 1. The molecule has 5 heteroatoms. The first kappa shape index (κ1) is 23.1. The molecule has 2 aromatic rings. The SMILES string of the molecule is COc1ccccc1N1CCN(CCCCCC(=O)Nc2ccc(C(C)C)cc2)CC1. The zero-order valence-electron chi connectivity index (χ0n) is 19.3. The topological polar surface area (TPSA) is 44.8 Å². The van der Waals surface area contributed by atoms with Gasteiger partial charge in [0.05, 0.1) is 12.8 Å². The highest BCUT2D eigenvalue weighted by molar-refractivity contribution is 5.90. The van der Waals surface area contributed by atoms with Crippen LogP contribution in [-0.4, -0.2) is 50.6 Å². The van der Waals surface area contributed by atoms with Crippen LogP contribution in [0.5, 0.6) is 5.75 Å². The Labute approximate surface area is 187 Å². The molecule has 1 heterocycles. The van der Waals surface area contributed by atoms with Crippen LogP contribution < -0.4 is 15.0 Å². The molecule has 0 saturated carbocycles. The molecule has 1 aliphatic heterocycles. The lowest BCUT2D eigenvalue weighted by Gasteiger charge is -2.36. The van der Waals surface area contributed by atoms with E-state index in [1.54, 1.807) is 7.11 Å². The number of nitrogens with one attached hydrogen (secondary N) is 1. The monoisotopic (exact) mass is 423 g/mol. The molecular formula is C26H37N3O2. The number of hydrogen-bond donors (Lipinski definition) is 1. The third-order valence-electron chi connectivity index (χ3n) is 6.04. The zero-order chi connectivity index (χ0) is 22.1. The summed E-state index contributed by atoms with van der Waals surface area (Å²) in [5, 5.41) is 3.01. The number of anilines is 2. The second kappa shape index (κ2) is 11.8. The third-order valence-corrected chi connectivity index (χ3v) is 6.04. The van der Waals surface area contributed by atoms with Crippen LogP contribution in [0.4, 0.5) is 11.4 Å². The summed E-state index contributed by atoms with van der Waals surface area (Å²) in [5.74, 6) is 1.57. The molecule has 1 aliphatic rings. The molecule has 0 radical (unpaired) electrons. The van der Waals surface area contributed by atoms with Gasteiger partial charge in [-0.3, -0.25) is 9.69 Å². The molecule has 1 N–H and O–H groups in total. The number of piperazine rings is 1.